The molecule has 0 radical (unpaired) electrons. The van der Waals surface area contributed by atoms with Crippen molar-refractivity contribution in [2.24, 2.45) is 11.8 Å². The average Bonchev–Trinajstić information content (AvgIpc) is 2.40. The summed E-state index contributed by atoms with van der Waals surface area (Å²) in [7, 11) is 2.18. The summed E-state index contributed by atoms with van der Waals surface area (Å²) in [5, 5.41) is 9.19. The zero-order chi connectivity index (χ0) is 11.3. The summed E-state index contributed by atoms with van der Waals surface area (Å²) < 4.78 is 0. The fourth-order valence-corrected chi connectivity index (χ4v) is 2.68. The van der Waals surface area contributed by atoms with Gasteiger partial charge in [-0.05, 0) is 25.8 Å². The zero-order valence-electron chi connectivity index (χ0n) is 10.4. The van der Waals surface area contributed by atoms with Crippen LogP contribution in [0.4, 0.5) is 0 Å². The van der Waals surface area contributed by atoms with E-state index in [2.05, 4.69) is 31.9 Å². The van der Waals surface area contributed by atoms with E-state index in [9.17, 15) is 5.26 Å². The van der Waals surface area contributed by atoms with Crippen LogP contribution >= 0.6 is 0 Å². The number of nitriles is 1. The fourth-order valence-electron chi connectivity index (χ4n) is 2.68. The quantitative estimate of drug-likeness (QED) is 0.667. The van der Waals surface area contributed by atoms with Crippen molar-refractivity contribution >= 4 is 0 Å². The molecule has 0 heterocycles. The van der Waals surface area contributed by atoms with Crippen molar-refractivity contribution in [3.8, 4) is 6.07 Å². The van der Waals surface area contributed by atoms with Crippen molar-refractivity contribution in [1.82, 2.24) is 4.90 Å². The molecule has 0 aromatic rings. The SMILES string of the molecule is CC(C)CN(C)C1CCCCCC1C#N. The molecule has 86 valence electrons. The minimum Gasteiger partial charge on any atom is -0.302 e. The minimum atomic E-state index is 0.260. The second kappa shape index (κ2) is 6.12. The Morgan fingerprint density at radius 3 is 2.53 bits per heavy atom. The first kappa shape index (κ1) is 12.5. The summed E-state index contributed by atoms with van der Waals surface area (Å²) in [6.45, 7) is 5.60. The highest BCUT2D eigenvalue weighted by atomic mass is 15.1. The van der Waals surface area contributed by atoms with Crippen LogP contribution in [-0.2, 0) is 0 Å². The molecule has 0 saturated heterocycles. The third kappa shape index (κ3) is 3.83. The van der Waals surface area contributed by atoms with Crippen LogP contribution < -0.4 is 0 Å². The molecule has 1 aliphatic carbocycles. The lowest BCUT2D eigenvalue weighted by Gasteiger charge is -2.31. The molecule has 0 amide bonds. The molecule has 2 unspecified atom stereocenters. The maximum Gasteiger partial charge on any atom is 0.0672 e. The zero-order valence-corrected chi connectivity index (χ0v) is 10.4. The summed E-state index contributed by atoms with van der Waals surface area (Å²) in [4.78, 5) is 2.41. The molecule has 0 aromatic carbocycles. The second-order valence-electron chi connectivity index (χ2n) is 5.27. The van der Waals surface area contributed by atoms with E-state index in [1.165, 1.54) is 25.7 Å². The molecule has 1 saturated carbocycles. The Morgan fingerprint density at radius 2 is 1.93 bits per heavy atom. The molecular weight excluding hydrogens is 184 g/mol. The number of rotatable bonds is 3. The van der Waals surface area contributed by atoms with Crippen LogP contribution in [0.1, 0.15) is 46.0 Å². The van der Waals surface area contributed by atoms with Crippen LogP contribution in [0.5, 0.6) is 0 Å². The van der Waals surface area contributed by atoms with Gasteiger partial charge in [0.2, 0.25) is 0 Å². The van der Waals surface area contributed by atoms with E-state index in [-0.39, 0.29) is 5.92 Å². The van der Waals surface area contributed by atoms with Crippen LogP contribution in [0.15, 0.2) is 0 Å². The Kier molecular flexibility index (Phi) is 5.11. The molecule has 0 N–H and O–H groups in total. The van der Waals surface area contributed by atoms with Crippen molar-refractivity contribution < 1.29 is 0 Å². The van der Waals surface area contributed by atoms with Gasteiger partial charge in [0.15, 0.2) is 0 Å². The van der Waals surface area contributed by atoms with Gasteiger partial charge in [0.1, 0.15) is 0 Å². The predicted molar refractivity (Wildman–Crippen MR) is 63.4 cm³/mol. The molecule has 1 fully saturated rings. The Labute approximate surface area is 94.3 Å². The molecule has 1 rings (SSSR count). The van der Waals surface area contributed by atoms with Crippen LogP contribution in [0.2, 0.25) is 0 Å². The highest BCUT2D eigenvalue weighted by Crippen LogP contribution is 2.26. The normalized spacial score (nSPS) is 27.7. The molecule has 15 heavy (non-hydrogen) atoms. The average molecular weight is 208 g/mol. The maximum absolute atomic E-state index is 9.19. The van der Waals surface area contributed by atoms with E-state index in [1.807, 2.05) is 0 Å². The third-order valence-corrected chi connectivity index (χ3v) is 3.36. The van der Waals surface area contributed by atoms with Gasteiger partial charge in [0, 0.05) is 12.6 Å². The molecule has 0 spiro atoms. The maximum atomic E-state index is 9.19. The summed E-state index contributed by atoms with van der Waals surface area (Å²) >= 11 is 0. The van der Waals surface area contributed by atoms with Gasteiger partial charge in [-0.2, -0.15) is 5.26 Å². The first-order valence-corrected chi connectivity index (χ1v) is 6.25. The van der Waals surface area contributed by atoms with Gasteiger partial charge >= 0.3 is 0 Å². The number of hydrogen-bond donors (Lipinski definition) is 0. The molecule has 2 heteroatoms. The van der Waals surface area contributed by atoms with E-state index in [0.717, 1.165) is 13.0 Å². The van der Waals surface area contributed by atoms with Gasteiger partial charge in [-0.1, -0.05) is 33.1 Å². The molecule has 0 aromatic heterocycles. The van der Waals surface area contributed by atoms with Crippen molar-refractivity contribution in [3.63, 3.8) is 0 Å². The monoisotopic (exact) mass is 208 g/mol. The molecular formula is C13H24N2. The van der Waals surface area contributed by atoms with Gasteiger partial charge < -0.3 is 4.90 Å². The third-order valence-electron chi connectivity index (χ3n) is 3.36. The Balaban J connectivity index is 2.58. The highest BCUT2D eigenvalue weighted by molar-refractivity contribution is 4.94. The lowest BCUT2D eigenvalue weighted by Crippen LogP contribution is -2.39. The highest BCUT2D eigenvalue weighted by Gasteiger charge is 2.26. The van der Waals surface area contributed by atoms with Crippen molar-refractivity contribution in [2.45, 2.75) is 52.0 Å². The number of hydrogen-bond acceptors (Lipinski definition) is 2. The summed E-state index contributed by atoms with van der Waals surface area (Å²) in [6, 6.07) is 3.01. The molecule has 0 bridgehead atoms. The van der Waals surface area contributed by atoms with E-state index in [4.69, 9.17) is 0 Å². The largest absolute Gasteiger partial charge is 0.302 e. The lowest BCUT2D eigenvalue weighted by atomic mass is 9.94. The van der Waals surface area contributed by atoms with E-state index in [1.54, 1.807) is 0 Å². The Hall–Kier alpha value is -0.550. The first-order chi connectivity index (χ1) is 7.15. The predicted octanol–water partition coefficient (Wildman–Crippen LogP) is 3.05. The molecule has 2 nitrogen and oxygen atoms in total. The van der Waals surface area contributed by atoms with Crippen LogP contribution in [0.3, 0.4) is 0 Å². The van der Waals surface area contributed by atoms with Gasteiger partial charge in [0.05, 0.1) is 12.0 Å². The molecule has 2 atom stereocenters. The van der Waals surface area contributed by atoms with Crippen molar-refractivity contribution in [1.29, 1.82) is 5.26 Å². The summed E-state index contributed by atoms with van der Waals surface area (Å²) in [5.41, 5.74) is 0. The standard InChI is InChI=1S/C13H24N2/c1-11(2)10-15(3)13-8-6-4-5-7-12(13)9-14/h11-13H,4-8,10H2,1-3H3. The van der Waals surface area contributed by atoms with E-state index in [0.29, 0.717) is 12.0 Å². The van der Waals surface area contributed by atoms with Gasteiger partial charge in [-0.3, -0.25) is 0 Å². The van der Waals surface area contributed by atoms with Gasteiger partial charge in [-0.25, -0.2) is 0 Å². The van der Waals surface area contributed by atoms with Crippen LogP contribution in [0.25, 0.3) is 0 Å². The van der Waals surface area contributed by atoms with Gasteiger partial charge in [0.25, 0.3) is 0 Å². The lowest BCUT2D eigenvalue weighted by molar-refractivity contribution is 0.172. The molecule has 0 aliphatic heterocycles. The first-order valence-electron chi connectivity index (χ1n) is 6.25. The van der Waals surface area contributed by atoms with Crippen molar-refractivity contribution in [3.05, 3.63) is 0 Å². The van der Waals surface area contributed by atoms with Crippen LogP contribution in [0, 0.1) is 23.2 Å². The summed E-state index contributed by atoms with van der Waals surface area (Å²) in [6.07, 6.45) is 6.16. The van der Waals surface area contributed by atoms with Crippen molar-refractivity contribution in [2.75, 3.05) is 13.6 Å². The summed E-state index contributed by atoms with van der Waals surface area (Å²) in [5.74, 6) is 0.953. The smallest absolute Gasteiger partial charge is 0.0672 e. The number of nitrogens with zero attached hydrogens (tertiary/aromatic N) is 2. The Morgan fingerprint density at radius 1 is 1.27 bits per heavy atom. The fraction of sp³-hybridized carbons (Fsp3) is 0.923. The van der Waals surface area contributed by atoms with E-state index < -0.39 is 0 Å². The van der Waals surface area contributed by atoms with E-state index >= 15 is 0 Å². The minimum absolute atomic E-state index is 0.260. The molecule has 1 aliphatic rings. The second-order valence-corrected chi connectivity index (χ2v) is 5.27. The van der Waals surface area contributed by atoms with Crippen LogP contribution in [-0.4, -0.2) is 24.5 Å². The van der Waals surface area contributed by atoms with Gasteiger partial charge in [-0.15, -0.1) is 0 Å². The topological polar surface area (TPSA) is 27.0 Å². The Bertz CT molecular complexity index is 217.